The lowest BCUT2D eigenvalue weighted by Crippen LogP contribution is -2.31. The van der Waals surface area contributed by atoms with Crippen LogP contribution >= 0.6 is 22.9 Å². The maximum Gasteiger partial charge on any atom is 0.284 e. The predicted molar refractivity (Wildman–Crippen MR) is 78.9 cm³/mol. The molecule has 2 rings (SSSR count). The van der Waals surface area contributed by atoms with Gasteiger partial charge in [-0.2, -0.15) is 0 Å². The first-order valence-electron chi connectivity index (χ1n) is 5.79. The fourth-order valence-electron chi connectivity index (χ4n) is 1.53. The Labute approximate surface area is 134 Å². The maximum absolute atomic E-state index is 13.7. The quantitative estimate of drug-likeness (QED) is 0.879. The Morgan fingerprint density at radius 3 is 2.86 bits per heavy atom. The summed E-state index contributed by atoms with van der Waals surface area (Å²) in [4.78, 5) is 15.1. The molecule has 0 atom stereocenters. The van der Waals surface area contributed by atoms with Crippen LogP contribution in [0, 0.1) is 5.82 Å². The van der Waals surface area contributed by atoms with Crippen LogP contribution in [0.25, 0.3) is 0 Å². The summed E-state index contributed by atoms with van der Waals surface area (Å²) in [6, 6.07) is 3.04. The Morgan fingerprint density at radius 1 is 1.50 bits per heavy atom. The molecule has 0 aliphatic heterocycles. The van der Waals surface area contributed by atoms with E-state index in [2.05, 4.69) is 4.98 Å². The number of nitrogens with one attached hydrogen (secondary N) is 1. The third-order valence-electron chi connectivity index (χ3n) is 2.46. The van der Waals surface area contributed by atoms with E-state index in [4.69, 9.17) is 16.3 Å². The van der Waals surface area contributed by atoms with Gasteiger partial charge in [0.15, 0.2) is 0 Å². The molecule has 0 spiro atoms. The van der Waals surface area contributed by atoms with Crippen molar-refractivity contribution in [2.75, 3.05) is 7.11 Å². The number of thiazole rings is 1. The van der Waals surface area contributed by atoms with E-state index in [-0.39, 0.29) is 17.3 Å². The monoisotopic (exact) mass is 364 g/mol. The maximum atomic E-state index is 13.7. The van der Waals surface area contributed by atoms with E-state index in [1.165, 1.54) is 18.6 Å². The second kappa shape index (κ2) is 6.69. The number of hydrogen-bond donors (Lipinski definition) is 1. The molecule has 0 radical (unpaired) electrons. The molecule has 1 N–H and O–H groups in total. The third kappa shape index (κ3) is 3.80. The van der Waals surface area contributed by atoms with Crippen LogP contribution in [-0.2, 0) is 21.4 Å². The molecule has 1 heterocycles. The highest BCUT2D eigenvalue weighted by molar-refractivity contribution is 7.90. The molecule has 10 heteroatoms. The van der Waals surface area contributed by atoms with Gasteiger partial charge in [0, 0.05) is 17.5 Å². The van der Waals surface area contributed by atoms with Crippen molar-refractivity contribution in [2.45, 2.75) is 11.5 Å². The number of aromatic nitrogens is 1. The number of methoxy groups -OCH3 is 1. The summed E-state index contributed by atoms with van der Waals surface area (Å²) in [5, 5.41) is 1.95. The summed E-state index contributed by atoms with van der Waals surface area (Å²) < 4.78 is 44.3. The first-order valence-corrected chi connectivity index (χ1v) is 8.53. The number of rotatable bonds is 5. The van der Waals surface area contributed by atoms with Gasteiger partial charge in [-0.05, 0) is 18.2 Å². The number of sulfonamides is 1. The van der Waals surface area contributed by atoms with E-state index in [0.717, 1.165) is 23.5 Å². The van der Waals surface area contributed by atoms with Crippen molar-refractivity contribution >= 4 is 38.9 Å². The molecule has 0 aliphatic rings. The van der Waals surface area contributed by atoms with Crippen LogP contribution in [0.5, 0.6) is 0 Å². The van der Waals surface area contributed by atoms with Crippen molar-refractivity contribution in [3.05, 3.63) is 45.1 Å². The molecule has 118 valence electrons. The van der Waals surface area contributed by atoms with Crippen LogP contribution in [0.1, 0.15) is 15.5 Å². The highest BCUT2D eigenvalue weighted by Crippen LogP contribution is 2.19. The minimum atomic E-state index is -4.36. The molecular formula is C12H10ClFN2O4S2. The predicted octanol–water partition coefficient (Wildman–Crippen LogP) is 2.20. The molecule has 0 aliphatic carbocycles. The Morgan fingerprint density at radius 2 is 2.23 bits per heavy atom. The molecule has 2 aromatic rings. The molecule has 6 nitrogen and oxygen atoms in total. The van der Waals surface area contributed by atoms with Gasteiger partial charge >= 0.3 is 0 Å². The summed E-state index contributed by atoms with van der Waals surface area (Å²) in [5.41, 5.74) is -0.0880. The highest BCUT2D eigenvalue weighted by atomic mass is 35.5. The van der Waals surface area contributed by atoms with E-state index >= 15 is 0 Å². The number of ether oxygens (including phenoxy) is 1. The smallest absolute Gasteiger partial charge is 0.284 e. The first kappa shape index (κ1) is 16.8. The van der Waals surface area contributed by atoms with Crippen molar-refractivity contribution in [2.24, 2.45) is 0 Å². The Kier molecular flexibility index (Phi) is 5.12. The van der Waals surface area contributed by atoms with E-state index in [1.54, 1.807) is 4.72 Å². The van der Waals surface area contributed by atoms with E-state index in [0.29, 0.717) is 5.01 Å². The summed E-state index contributed by atoms with van der Waals surface area (Å²) in [6.45, 7) is 0.205. The van der Waals surface area contributed by atoms with Crippen molar-refractivity contribution in [3.63, 3.8) is 0 Å². The van der Waals surface area contributed by atoms with Crippen LogP contribution < -0.4 is 4.72 Å². The van der Waals surface area contributed by atoms with Crippen LogP contribution in [-0.4, -0.2) is 26.4 Å². The lowest BCUT2D eigenvalue weighted by atomic mass is 10.3. The molecule has 1 amide bonds. The number of carbonyl (C=O) groups excluding carboxylic acids is 1. The van der Waals surface area contributed by atoms with Crippen molar-refractivity contribution in [3.8, 4) is 0 Å². The van der Waals surface area contributed by atoms with Crippen molar-refractivity contribution in [1.29, 1.82) is 0 Å². The molecule has 0 bridgehead atoms. The highest BCUT2D eigenvalue weighted by Gasteiger charge is 2.23. The lowest BCUT2D eigenvalue weighted by molar-refractivity contribution is 0.0976. The second-order valence-corrected chi connectivity index (χ2v) is 7.10. The number of nitrogens with zero attached hydrogens (tertiary/aromatic N) is 1. The summed E-state index contributed by atoms with van der Waals surface area (Å²) in [6.07, 6.45) is 0. The number of amides is 1. The molecule has 1 aromatic carbocycles. The van der Waals surface area contributed by atoms with Gasteiger partial charge in [0.1, 0.15) is 21.4 Å². The van der Waals surface area contributed by atoms with Gasteiger partial charge in [0.25, 0.3) is 15.9 Å². The molecule has 0 unspecified atom stereocenters. The number of carbonyl (C=O) groups is 1. The van der Waals surface area contributed by atoms with E-state index in [9.17, 15) is 17.6 Å². The zero-order valence-corrected chi connectivity index (χ0v) is 13.6. The van der Waals surface area contributed by atoms with E-state index in [1.807, 2.05) is 0 Å². The van der Waals surface area contributed by atoms with Gasteiger partial charge in [-0.1, -0.05) is 11.6 Å². The topological polar surface area (TPSA) is 85.4 Å². The fraction of sp³-hybridized carbons (Fsp3) is 0.167. The van der Waals surface area contributed by atoms with Gasteiger partial charge < -0.3 is 4.74 Å². The average Bonchev–Trinajstić information content (AvgIpc) is 2.87. The standard InChI is InChI=1S/C12H10ClFN2O4S2/c1-20-5-11-15-9(6-21-11)12(17)16-22(18,19)10-3-2-7(13)4-8(10)14/h2-4,6H,5H2,1H3,(H,16,17). The van der Waals surface area contributed by atoms with Gasteiger partial charge in [-0.15, -0.1) is 11.3 Å². The van der Waals surface area contributed by atoms with Gasteiger partial charge in [-0.3, -0.25) is 4.79 Å². The molecule has 0 saturated carbocycles. The van der Waals surface area contributed by atoms with E-state index < -0.39 is 26.6 Å². The summed E-state index contributed by atoms with van der Waals surface area (Å²) in [5.74, 6) is -2.00. The Balaban J connectivity index is 2.22. The zero-order chi connectivity index (χ0) is 16.3. The van der Waals surface area contributed by atoms with Crippen LogP contribution in [0.4, 0.5) is 4.39 Å². The normalized spacial score (nSPS) is 11.4. The molecule has 22 heavy (non-hydrogen) atoms. The van der Waals surface area contributed by atoms with Gasteiger partial charge in [0.2, 0.25) is 0 Å². The van der Waals surface area contributed by atoms with Crippen molar-refractivity contribution < 1.29 is 22.3 Å². The molecule has 1 aromatic heterocycles. The Bertz CT molecular complexity index is 807. The first-order chi connectivity index (χ1) is 10.3. The molecule has 0 fully saturated rings. The number of benzene rings is 1. The lowest BCUT2D eigenvalue weighted by Gasteiger charge is -2.06. The minimum absolute atomic E-state index is 0.0477. The van der Waals surface area contributed by atoms with Gasteiger partial charge in [-0.25, -0.2) is 22.5 Å². The Hall–Kier alpha value is -1.55. The third-order valence-corrected chi connectivity index (χ3v) is 4.88. The van der Waals surface area contributed by atoms with Crippen LogP contribution in [0.15, 0.2) is 28.5 Å². The second-order valence-electron chi connectivity index (χ2n) is 4.07. The zero-order valence-electron chi connectivity index (χ0n) is 11.2. The fourth-order valence-corrected chi connectivity index (χ4v) is 3.45. The van der Waals surface area contributed by atoms with Crippen LogP contribution in [0.2, 0.25) is 5.02 Å². The average molecular weight is 365 g/mol. The minimum Gasteiger partial charge on any atom is -0.378 e. The van der Waals surface area contributed by atoms with Crippen LogP contribution in [0.3, 0.4) is 0 Å². The van der Waals surface area contributed by atoms with Crippen molar-refractivity contribution in [1.82, 2.24) is 9.71 Å². The largest absolute Gasteiger partial charge is 0.378 e. The summed E-state index contributed by atoms with van der Waals surface area (Å²) >= 11 is 6.70. The number of halogens is 2. The summed E-state index contributed by atoms with van der Waals surface area (Å²) in [7, 11) is -2.89. The number of hydrogen-bond acceptors (Lipinski definition) is 6. The SMILES string of the molecule is COCc1nc(C(=O)NS(=O)(=O)c2ccc(Cl)cc2F)cs1. The molecular weight excluding hydrogens is 355 g/mol. The molecule has 0 saturated heterocycles. The van der Waals surface area contributed by atoms with Gasteiger partial charge in [0.05, 0.1) is 6.61 Å².